The summed E-state index contributed by atoms with van der Waals surface area (Å²) in [6, 6.07) is 12.5. The number of rotatable bonds is 7. The summed E-state index contributed by atoms with van der Waals surface area (Å²) in [4.78, 5) is 51.9. The van der Waals surface area contributed by atoms with Gasteiger partial charge in [0.05, 0.1) is 23.0 Å². The molecule has 2 aliphatic rings. The second-order valence-corrected chi connectivity index (χ2v) is 10.5. The molecule has 2 aromatic carbocycles. The van der Waals surface area contributed by atoms with E-state index in [-0.39, 0.29) is 34.3 Å². The molecule has 2 saturated heterocycles. The number of hydrogen-bond donors (Lipinski definition) is 2. The van der Waals surface area contributed by atoms with Crippen LogP contribution in [0.4, 0.5) is 11.4 Å². The number of piperazine rings is 1. The van der Waals surface area contributed by atoms with Gasteiger partial charge < -0.3 is 20.2 Å². The quantitative estimate of drug-likeness (QED) is 0.332. The summed E-state index contributed by atoms with van der Waals surface area (Å²) in [5, 5.41) is 12.6. The number of phenolic OH excluding ortho intramolecular Hbond substituents is 1. The predicted molar refractivity (Wildman–Crippen MR) is 153 cm³/mol. The van der Waals surface area contributed by atoms with E-state index in [1.807, 2.05) is 34.1 Å². The highest BCUT2D eigenvalue weighted by Crippen LogP contribution is 2.27. The van der Waals surface area contributed by atoms with Gasteiger partial charge in [0.2, 0.25) is 11.8 Å². The van der Waals surface area contributed by atoms with Gasteiger partial charge in [0.15, 0.2) is 11.6 Å². The van der Waals surface area contributed by atoms with Crippen molar-refractivity contribution in [1.82, 2.24) is 19.8 Å². The number of amides is 2. The molecule has 0 saturated carbocycles. The number of benzene rings is 2. The Morgan fingerprint density at radius 3 is 2.35 bits per heavy atom. The van der Waals surface area contributed by atoms with Crippen LogP contribution in [0.25, 0.3) is 11.4 Å². The lowest BCUT2D eigenvalue weighted by atomic mass is 10.1. The van der Waals surface area contributed by atoms with E-state index in [0.29, 0.717) is 56.2 Å². The zero-order valence-electron chi connectivity index (χ0n) is 22.2. The van der Waals surface area contributed by atoms with Crippen molar-refractivity contribution < 1.29 is 19.5 Å². The molecular formula is C29H31ClN6O4. The Balaban J connectivity index is 1.07. The molecule has 3 aromatic rings. The molecule has 2 aliphatic heterocycles. The minimum Gasteiger partial charge on any atom is -0.506 e. The van der Waals surface area contributed by atoms with Crippen LogP contribution in [0.1, 0.15) is 23.7 Å². The third kappa shape index (κ3) is 6.40. The minimum atomic E-state index is -0.210. The molecule has 10 nitrogen and oxygen atoms in total. The van der Waals surface area contributed by atoms with Crippen LogP contribution in [0, 0.1) is 5.92 Å². The van der Waals surface area contributed by atoms with Crippen LogP contribution >= 0.6 is 11.6 Å². The number of hydrogen-bond acceptors (Lipinski definition) is 8. The highest BCUT2D eigenvalue weighted by atomic mass is 35.5. The van der Waals surface area contributed by atoms with Gasteiger partial charge in [-0.3, -0.25) is 19.3 Å². The minimum absolute atomic E-state index is 0.0343. The van der Waals surface area contributed by atoms with Crippen molar-refractivity contribution in [3.8, 4) is 17.1 Å². The van der Waals surface area contributed by atoms with E-state index in [1.54, 1.807) is 18.5 Å². The van der Waals surface area contributed by atoms with Gasteiger partial charge in [-0.1, -0.05) is 11.6 Å². The van der Waals surface area contributed by atoms with Gasteiger partial charge >= 0.3 is 0 Å². The van der Waals surface area contributed by atoms with Crippen molar-refractivity contribution in [3.63, 3.8) is 0 Å². The van der Waals surface area contributed by atoms with Gasteiger partial charge in [-0.2, -0.15) is 0 Å². The monoisotopic (exact) mass is 562 g/mol. The van der Waals surface area contributed by atoms with Crippen LogP contribution in [-0.2, 0) is 9.59 Å². The fraction of sp³-hybridized carbons (Fsp3) is 0.345. The summed E-state index contributed by atoms with van der Waals surface area (Å²) >= 11 is 5.93. The maximum absolute atomic E-state index is 13.0. The molecule has 2 amide bonds. The van der Waals surface area contributed by atoms with Crippen molar-refractivity contribution in [3.05, 3.63) is 65.4 Å². The van der Waals surface area contributed by atoms with Crippen LogP contribution in [0.2, 0.25) is 5.02 Å². The van der Waals surface area contributed by atoms with Gasteiger partial charge in [-0.25, -0.2) is 9.97 Å². The number of aromatic hydroxyl groups is 1. The van der Waals surface area contributed by atoms with Crippen molar-refractivity contribution in [2.75, 3.05) is 56.0 Å². The first-order valence-electron chi connectivity index (χ1n) is 13.2. The lowest BCUT2D eigenvalue weighted by Gasteiger charge is -2.36. The van der Waals surface area contributed by atoms with Gasteiger partial charge in [0, 0.05) is 62.1 Å². The average Bonchev–Trinajstić information content (AvgIpc) is 3.44. The zero-order valence-corrected chi connectivity index (χ0v) is 23.0. The molecular weight excluding hydrogens is 532 g/mol. The van der Waals surface area contributed by atoms with Gasteiger partial charge in [0.25, 0.3) is 0 Å². The highest BCUT2D eigenvalue weighted by Gasteiger charge is 2.31. The van der Waals surface area contributed by atoms with E-state index >= 15 is 0 Å². The fourth-order valence-corrected chi connectivity index (χ4v) is 5.19. The van der Waals surface area contributed by atoms with Gasteiger partial charge in [0.1, 0.15) is 5.75 Å². The zero-order chi connectivity index (χ0) is 28.2. The smallest absolute Gasteiger partial charge is 0.236 e. The van der Waals surface area contributed by atoms with Crippen LogP contribution in [0.3, 0.4) is 0 Å². The molecule has 0 aliphatic carbocycles. The van der Waals surface area contributed by atoms with E-state index < -0.39 is 0 Å². The van der Waals surface area contributed by atoms with Crippen LogP contribution < -0.4 is 10.2 Å². The SMILES string of the molecule is CC(=O)c1cnc(-c2ccc(N3CCN(C(=O)CN4CC[C@@H](C(=O)Nc5ccc(O)c(Cl)c5)C4)CC3)cc2)nc1. The molecule has 3 heterocycles. The van der Waals surface area contributed by atoms with Crippen LogP contribution in [-0.4, -0.2) is 88.3 Å². The number of aromatic nitrogens is 2. The number of Topliss-reactive ketones (excluding diaryl/α,β-unsaturated/α-hetero) is 1. The Hall–Kier alpha value is -4.02. The van der Waals surface area contributed by atoms with Crippen LogP contribution in [0.15, 0.2) is 54.9 Å². The van der Waals surface area contributed by atoms with E-state index in [0.717, 1.165) is 24.3 Å². The maximum Gasteiger partial charge on any atom is 0.236 e. The lowest BCUT2D eigenvalue weighted by molar-refractivity contribution is -0.132. The third-order valence-electron chi connectivity index (χ3n) is 7.40. The molecule has 2 N–H and O–H groups in total. The lowest BCUT2D eigenvalue weighted by Crippen LogP contribution is -2.51. The first-order valence-corrected chi connectivity index (χ1v) is 13.6. The third-order valence-corrected chi connectivity index (χ3v) is 7.70. The van der Waals surface area contributed by atoms with Crippen molar-refractivity contribution >= 4 is 40.6 Å². The number of nitrogens with one attached hydrogen (secondary N) is 1. The summed E-state index contributed by atoms with van der Waals surface area (Å²) in [7, 11) is 0. The predicted octanol–water partition coefficient (Wildman–Crippen LogP) is 3.31. The van der Waals surface area contributed by atoms with E-state index in [4.69, 9.17) is 11.6 Å². The summed E-state index contributed by atoms with van der Waals surface area (Å²) in [6.07, 6.45) is 3.76. The summed E-state index contributed by atoms with van der Waals surface area (Å²) in [5.74, 6) is 0.220. The summed E-state index contributed by atoms with van der Waals surface area (Å²) in [5.41, 5.74) is 2.96. The Morgan fingerprint density at radius 2 is 1.70 bits per heavy atom. The second-order valence-electron chi connectivity index (χ2n) is 10.1. The molecule has 2 fully saturated rings. The molecule has 0 unspecified atom stereocenters. The topological polar surface area (TPSA) is 119 Å². The number of likely N-dealkylation sites (tertiary alicyclic amines) is 1. The Bertz CT molecular complexity index is 1390. The molecule has 0 spiro atoms. The summed E-state index contributed by atoms with van der Waals surface area (Å²) < 4.78 is 0. The Kier molecular flexibility index (Phi) is 8.27. The molecule has 208 valence electrons. The number of ketones is 1. The number of halogens is 1. The van der Waals surface area contributed by atoms with Crippen molar-refractivity contribution in [2.45, 2.75) is 13.3 Å². The highest BCUT2D eigenvalue weighted by molar-refractivity contribution is 6.32. The van der Waals surface area contributed by atoms with E-state index in [9.17, 15) is 19.5 Å². The molecule has 11 heteroatoms. The fourth-order valence-electron chi connectivity index (χ4n) is 5.00. The maximum atomic E-state index is 13.0. The number of carbonyl (C=O) groups is 3. The van der Waals surface area contributed by atoms with Crippen LogP contribution in [0.5, 0.6) is 5.75 Å². The molecule has 0 bridgehead atoms. The first kappa shape index (κ1) is 27.5. The van der Waals surface area contributed by atoms with Gasteiger partial charge in [-0.05, 0) is 62.4 Å². The van der Waals surface area contributed by atoms with Crippen molar-refractivity contribution in [1.29, 1.82) is 0 Å². The normalized spacial score (nSPS) is 17.6. The van der Waals surface area contributed by atoms with Gasteiger partial charge in [-0.15, -0.1) is 0 Å². The first-order chi connectivity index (χ1) is 19.3. The standard InChI is InChI=1S/C29H31ClN6O4/c1-19(37)22-15-31-28(32-16-22)20-2-5-24(6-3-20)35-10-12-36(13-11-35)27(39)18-34-9-8-21(17-34)29(40)33-23-4-7-26(38)25(30)14-23/h2-7,14-16,21,38H,8-13,17-18H2,1H3,(H,33,40)/t21-/m1/s1. The average molecular weight is 563 g/mol. The molecule has 1 aromatic heterocycles. The number of anilines is 2. The Morgan fingerprint density at radius 1 is 1.00 bits per heavy atom. The number of carbonyl (C=O) groups excluding carboxylic acids is 3. The van der Waals surface area contributed by atoms with Crippen molar-refractivity contribution in [2.24, 2.45) is 5.92 Å². The largest absolute Gasteiger partial charge is 0.506 e. The summed E-state index contributed by atoms with van der Waals surface area (Å²) in [6.45, 7) is 5.73. The van der Waals surface area contributed by atoms with E-state index in [1.165, 1.54) is 19.1 Å². The molecule has 0 radical (unpaired) electrons. The molecule has 5 rings (SSSR count). The number of phenols is 1. The van der Waals surface area contributed by atoms with E-state index in [2.05, 4.69) is 20.2 Å². The molecule has 40 heavy (non-hydrogen) atoms. The number of nitrogens with zero attached hydrogens (tertiary/aromatic N) is 5. The molecule has 1 atom stereocenters. The second kappa shape index (κ2) is 12.0. The Labute approximate surface area is 237 Å².